The standard InChI is InChI=1S/C18H12ClN3O3/c19-13-9-7-12(8-10-13)17(23)14-4-1-2-5-15(14)21-18-16(22(24)25)6-3-11-20-18/h1-11H,(H,20,21). The molecule has 1 aromatic heterocycles. The summed E-state index contributed by atoms with van der Waals surface area (Å²) in [6, 6.07) is 16.1. The van der Waals surface area contributed by atoms with E-state index < -0.39 is 4.92 Å². The number of nitro groups is 1. The monoisotopic (exact) mass is 353 g/mol. The summed E-state index contributed by atoms with van der Waals surface area (Å²) in [4.78, 5) is 27.4. The van der Waals surface area contributed by atoms with Crippen LogP contribution >= 0.6 is 11.6 Å². The summed E-state index contributed by atoms with van der Waals surface area (Å²) in [6.45, 7) is 0. The van der Waals surface area contributed by atoms with E-state index in [1.165, 1.54) is 18.3 Å². The Labute approximate surface area is 148 Å². The van der Waals surface area contributed by atoms with Gasteiger partial charge in [0, 0.05) is 28.4 Å². The van der Waals surface area contributed by atoms with Crippen LogP contribution in [-0.2, 0) is 0 Å². The number of halogens is 1. The fraction of sp³-hybridized carbons (Fsp3) is 0. The van der Waals surface area contributed by atoms with Crippen molar-refractivity contribution in [2.24, 2.45) is 0 Å². The molecular formula is C18H12ClN3O3. The largest absolute Gasteiger partial charge is 0.334 e. The molecule has 0 aliphatic carbocycles. The Morgan fingerprint density at radius 3 is 2.48 bits per heavy atom. The quantitative estimate of drug-likeness (QED) is 0.411. The van der Waals surface area contributed by atoms with E-state index in [9.17, 15) is 14.9 Å². The van der Waals surface area contributed by atoms with Gasteiger partial charge in [-0.1, -0.05) is 23.7 Å². The number of ketones is 1. The van der Waals surface area contributed by atoms with Gasteiger partial charge in [-0.3, -0.25) is 14.9 Å². The Balaban J connectivity index is 1.98. The minimum absolute atomic E-state index is 0.0730. The van der Waals surface area contributed by atoms with Crippen LogP contribution in [0, 0.1) is 10.1 Å². The van der Waals surface area contributed by atoms with E-state index in [2.05, 4.69) is 10.3 Å². The number of hydrogen-bond acceptors (Lipinski definition) is 5. The third kappa shape index (κ3) is 3.64. The van der Waals surface area contributed by atoms with E-state index in [0.29, 0.717) is 21.8 Å². The molecule has 1 heterocycles. The molecule has 0 amide bonds. The summed E-state index contributed by atoms with van der Waals surface area (Å²) in [6.07, 6.45) is 1.44. The lowest BCUT2D eigenvalue weighted by molar-refractivity contribution is -0.384. The first-order valence-electron chi connectivity index (χ1n) is 7.32. The van der Waals surface area contributed by atoms with Gasteiger partial charge in [0.15, 0.2) is 5.78 Å². The lowest BCUT2D eigenvalue weighted by Gasteiger charge is -2.11. The summed E-state index contributed by atoms with van der Waals surface area (Å²) in [5.74, 6) is -0.151. The van der Waals surface area contributed by atoms with Crippen LogP contribution in [0.2, 0.25) is 5.02 Å². The van der Waals surface area contributed by atoms with Crippen molar-refractivity contribution in [1.82, 2.24) is 4.98 Å². The van der Waals surface area contributed by atoms with Crippen molar-refractivity contribution < 1.29 is 9.72 Å². The maximum absolute atomic E-state index is 12.8. The number of benzene rings is 2. The maximum Gasteiger partial charge on any atom is 0.311 e. The van der Waals surface area contributed by atoms with E-state index in [1.807, 2.05) is 0 Å². The zero-order chi connectivity index (χ0) is 17.8. The van der Waals surface area contributed by atoms with Gasteiger partial charge < -0.3 is 5.32 Å². The summed E-state index contributed by atoms with van der Waals surface area (Å²) >= 11 is 5.85. The molecule has 0 spiro atoms. The highest BCUT2D eigenvalue weighted by Gasteiger charge is 2.18. The van der Waals surface area contributed by atoms with Gasteiger partial charge >= 0.3 is 5.69 Å². The van der Waals surface area contributed by atoms with Crippen molar-refractivity contribution in [3.05, 3.63) is 93.1 Å². The van der Waals surface area contributed by atoms with Gasteiger partial charge in [-0.05, 0) is 42.5 Å². The Hall–Kier alpha value is -3.25. The predicted octanol–water partition coefficient (Wildman–Crippen LogP) is 4.62. The molecule has 3 rings (SSSR count). The average Bonchev–Trinajstić information content (AvgIpc) is 2.62. The van der Waals surface area contributed by atoms with Crippen LogP contribution in [0.3, 0.4) is 0 Å². The molecule has 0 aliphatic heterocycles. The first-order valence-corrected chi connectivity index (χ1v) is 7.70. The first-order chi connectivity index (χ1) is 12.1. The number of pyridine rings is 1. The van der Waals surface area contributed by atoms with Gasteiger partial charge in [-0.15, -0.1) is 0 Å². The maximum atomic E-state index is 12.8. The molecule has 0 radical (unpaired) electrons. The number of nitrogens with one attached hydrogen (secondary N) is 1. The lowest BCUT2D eigenvalue weighted by Crippen LogP contribution is -2.07. The number of carbonyl (C=O) groups is 1. The predicted molar refractivity (Wildman–Crippen MR) is 95.5 cm³/mol. The zero-order valence-corrected chi connectivity index (χ0v) is 13.6. The number of rotatable bonds is 5. The Morgan fingerprint density at radius 1 is 1.04 bits per heavy atom. The van der Waals surface area contributed by atoms with Crippen LogP contribution in [0.1, 0.15) is 15.9 Å². The highest BCUT2D eigenvalue weighted by molar-refractivity contribution is 6.30. The minimum atomic E-state index is -0.529. The van der Waals surface area contributed by atoms with Crippen molar-refractivity contribution in [2.45, 2.75) is 0 Å². The van der Waals surface area contributed by atoms with Crippen molar-refractivity contribution >= 4 is 34.6 Å². The highest BCUT2D eigenvalue weighted by Crippen LogP contribution is 2.28. The molecule has 0 fully saturated rings. The molecule has 0 saturated heterocycles. The van der Waals surface area contributed by atoms with E-state index in [1.54, 1.807) is 48.5 Å². The smallest absolute Gasteiger partial charge is 0.311 e. The molecule has 1 N–H and O–H groups in total. The Bertz CT molecular complexity index is 942. The number of aromatic nitrogens is 1. The number of carbonyl (C=O) groups excluding carboxylic acids is 1. The number of nitrogens with zero attached hydrogens (tertiary/aromatic N) is 2. The molecule has 2 aromatic carbocycles. The van der Waals surface area contributed by atoms with Crippen molar-refractivity contribution in [1.29, 1.82) is 0 Å². The lowest BCUT2D eigenvalue weighted by atomic mass is 10.0. The van der Waals surface area contributed by atoms with E-state index >= 15 is 0 Å². The molecule has 0 bridgehead atoms. The van der Waals surface area contributed by atoms with Gasteiger partial charge in [-0.25, -0.2) is 4.98 Å². The fourth-order valence-electron chi connectivity index (χ4n) is 2.31. The molecule has 25 heavy (non-hydrogen) atoms. The zero-order valence-electron chi connectivity index (χ0n) is 12.8. The van der Waals surface area contributed by atoms with Gasteiger partial charge in [0.25, 0.3) is 0 Å². The van der Waals surface area contributed by atoms with Crippen molar-refractivity contribution in [2.75, 3.05) is 5.32 Å². The topological polar surface area (TPSA) is 85.1 Å². The van der Waals surface area contributed by atoms with Crippen LogP contribution in [0.4, 0.5) is 17.2 Å². The van der Waals surface area contributed by atoms with Crippen molar-refractivity contribution in [3.8, 4) is 0 Å². The molecule has 0 saturated carbocycles. The second kappa shape index (κ2) is 7.11. The summed E-state index contributed by atoms with van der Waals surface area (Å²) in [7, 11) is 0. The van der Waals surface area contributed by atoms with E-state index in [0.717, 1.165) is 0 Å². The first kappa shape index (κ1) is 16.6. The van der Waals surface area contributed by atoms with Crippen LogP contribution in [0.15, 0.2) is 66.9 Å². The minimum Gasteiger partial charge on any atom is -0.334 e. The SMILES string of the molecule is O=C(c1ccc(Cl)cc1)c1ccccc1Nc1ncccc1[N+](=O)[O-]. The molecule has 3 aromatic rings. The van der Waals surface area contributed by atoms with Crippen LogP contribution in [0.25, 0.3) is 0 Å². The van der Waals surface area contributed by atoms with Gasteiger partial charge in [0.2, 0.25) is 5.82 Å². The molecule has 0 unspecified atom stereocenters. The Kier molecular flexibility index (Phi) is 4.72. The summed E-state index contributed by atoms with van der Waals surface area (Å²) < 4.78 is 0. The van der Waals surface area contributed by atoms with Gasteiger partial charge in [0.1, 0.15) is 0 Å². The molecule has 124 valence electrons. The second-order valence-corrected chi connectivity index (χ2v) is 5.57. The number of hydrogen-bond donors (Lipinski definition) is 1. The molecule has 7 heteroatoms. The van der Waals surface area contributed by atoms with Crippen molar-refractivity contribution in [3.63, 3.8) is 0 Å². The van der Waals surface area contributed by atoms with E-state index in [-0.39, 0.29) is 17.3 Å². The Morgan fingerprint density at radius 2 is 1.76 bits per heavy atom. The van der Waals surface area contributed by atoms with Crippen LogP contribution in [0.5, 0.6) is 0 Å². The molecule has 0 atom stereocenters. The normalized spacial score (nSPS) is 10.3. The van der Waals surface area contributed by atoms with Crippen LogP contribution < -0.4 is 5.32 Å². The fourth-order valence-corrected chi connectivity index (χ4v) is 2.44. The summed E-state index contributed by atoms with van der Waals surface area (Å²) in [5.41, 5.74) is 1.11. The average molecular weight is 354 g/mol. The van der Waals surface area contributed by atoms with Gasteiger partial charge in [0.05, 0.1) is 10.6 Å². The summed E-state index contributed by atoms with van der Waals surface area (Å²) in [5, 5.41) is 14.5. The van der Waals surface area contributed by atoms with Gasteiger partial charge in [-0.2, -0.15) is 0 Å². The third-order valence-electron chi connectivity index (χ3n) is 3.51. The van der Waals surface area contributed by atoms with E-state index in [4.69, 9.17) is 11.6 Å². The molecule has 6 nitrogen and oxygen atoms in total. The molecule has 0 aliphatic rings. The third-order valence-corrected chi connectivity index (χ3v) is 3.77. The molecular weight excluding hydrogens is 342 g/mol. The number of para-hydroxylation sites is 1. The highest BCUT2D eigenvalue weighted by atomic mass is 35.5. The number of anilines is 2. The van der Waals surface area contributed by atoms with Crippen LogP contribution in [-0.4, -0.2) is 15.7 Å². The second-order valence-electron chi connectivity index (χ2n) is 5.13.